The fraction of sp³-hybridized carbons (Fsp3) is 0.281. The molecular weight excluding hydrogens is 486 g/mol. The molecule has 0 aliphatic carbocycles. The van der Waals surface area contributed by atoms with Crippen LogP contribution in [-0.2, 0) is 0 Å². The van der Waals surface area contributed by atoms with Crippen molar-refractivity contribution in [3.63, 3.8) is 0 Å². The van der Waals surface area contributed by atoms with Gasteiger partial charge in [0.15, 0.2) is 0 Å². The van der Waals surface area contributed by atoms with Crippen LogP contribution in [0.2, 0.25) is 0 Å². The minimum Gasteiger partial charge on any atom is -0.457 e. The van der Waals surface area contributed by atoms with Gasteiger partial charge in [-0.3, -0.25) is 9.78 Å². The Labute approximate surface area is 232 Å². The van der Waals surface area contributed by atoms with Gasteiger partial charge in [0.2, 0.25) is 0 Å². The van der Waals surface area contributed by atoms with E-state index in [0.717, 1.165) is 47.5 Å². The van der Waals surface area contributed by atoms with Gasteiger partial charge in [0.1, 0.15) is 11.5 Å². The number of benzene rings is 2. The number of nitrogens with one attached hydrogen (secondary N) is 4. The molecule has 7 heteroatoms. The third-order valence-corrected chi connectivity index (χ3v) is 6.36. The molecule has 39 heavy (non-hydrogen) atoms. The summed E-state index contributed by atoms with van der Waals surface area (Å²) >= 11 is 0. The fourth-order valence-electron chi connectivity index (χ4n) is 4.49. The third-order valence-electron chi connectivity index (χ3n) is 6.36. The molecule has 2 atom stereocenters. The van der Waals surface area contributed by atoms with Crippen molar-refractivity contribution < 1.29 is 9.53 Å². The number of piperidine rings is 1. The van der Waals surface area contributed by atoms with Gasteiger partial charge in [-0.2, -0.15) is 0 Å². The maximum atomic E-state index is 12.9. The number of hydrogen-bond donors (Lipinski definition) is 4. The van der Waals surface area contributed by atoms with Crippen LogP contribution < -0.4 is 20.7 Å². The lowest BCUT2D eigenvalue weighted by molar-refractivity contribution is 0.0925. The summed E-state index contributed by atoms with van der Waals surface area (Å²) < 4.78 is 6.08. The van der Waals surface area contributed by atoms with Gasteiger partial charge in [0, 0.05) is 65.6 Å². The van der Waals surface area contributed by atoms with E-state index >= 15 is 0 Å². The Morgan fingerprint density at radius 1 is 1.05 bits per heavy atom. The van der Waals surface area contributed by atoms with Crippen molar-refractivity contribution in [3.8, 4) is 48.4 Å². The standard InChI is InChI=1S/C28H33N5O2.2C2H2/c1-17-13-20(5-7-24(17)28(34)33-21-9-11-31-18(2)14-21)26-15-23(10-12-32-26)35-22-6-8-25(19(3)29)27(16-22)30-4;2*1-2/h5-8,10,12-13,15-16,18,21,29-31H,9,11,14H2,1-4H3,(H,33,34);2*1-2H/t18?,21-;;/m1../s1. The average Bonchev–Trinajstić information content (AvgIpc) is 2.95. The largest absolute Gasteiger partial charge is 0.457 e. The lowest BCUT2D eigenvalue weighted by atomic mass is 9.98. The van der Waals surface area contributed by atoms with E-state index in [1.165, 1.54) is 0 Å². The third kappa shape index (κ3) is 8.20. The van der Waals surface area contributed by atoms with E-state index in [4.69, 9.17) is 10.1 Å². The maximum absolute atomic E-state index is 12.9. The highest BCUT2D eigenvalue weighted by molar-refractivity contribution is 6.01. The van der Waals surface area contributed by atoms with Gasteiger partial charge < -0.3 is 26.1 Å². The first kappa shape index (κ1) is 30.6. The molecule has 202 valence electrons. The number of nitrogens with zero attached hydrogens (tertiary/aromatic N) is 1. The molecule has 1 aromatic heterocycles. The average molecular weight is 524 g/mol. The molecule has 7 nitrogen and oxygen atoms in total. The van der Waals surface area contributed by atoms with Gasteiger partial charge in [0.05, 0.1) is 5.69 Å². The number of pyridine rings is 1. The number of hydrogen-bond acceptors (Lipinski definition) is 6. The zero-order valence-corrected chi connectivity index (χ0v) is 23.0. The summed E-state index contributed by atoms with van der Waals surface area (Å²) in [7, 11) is 1.83. The highest BCUT2D eigenvalue weighted by atomic mass is 16.5. The monoisotopic (exact) mass is 523 g/mol. The summed E-state index contributed by atoms with van der Waals surface area (Å²) in [5.41, 5.74) is 5.46. The van der Waals surface area contributed by atoms with Crippen LogP contribution in [0, 0.1) is 38.0 Å². The van der Waals surface area contributed by atoms with Crippen molar-refractivity contribution in [3.05, 3.63) is 71.4 Å². The zero-order chi connectivity index (χ0) is 28.9. The molecule has 1 aliphatic rings. The number of aryl methyl sites for hydroxylation is 1. The van der Waals surface area contributed by atoms with Crippen LogP contribution in [0.1, 0.15) is 48.2 Å². The predicted octanol–water partition coefficient (Wildman–Crippen LogP) is 5.65. The second kappa shape index (κ2) is 15.0. The van der Waals surface area contributed by atoms with E-state index in [1.807, 2.05) is 62.5 Å². The number of carbonyl (C=O) groups is 1. The van der Waals surface area contributed by atoms with Gasteiger partial charge in [0.25, 0.3) is 5.91 Å². The quantitative estimate of drug-likeness (QED) is 0.237. The Bertz CT molecular complexity index is 1320. The van der Waals surface area contributed by atoms with Crippen LogP contribution in [0.5, 0.6) is 11.5 Å². The van der Waals surface area contributed by atoms with Crippen LogP contribution in [0.15, 0.2) is 54.7 Å². The van der Waals surface area contributed by atoms with Gasteiger partial charge >= 0.3 is 0 Å². The summed E-state index contributed by atoms with van der Waals surface area (Å²) in [4.78, 5) is 17.4. The smallest absolute Gasteiger partial charge is 0.251 e. The number of anilines is 1. The van der Waals surface area contributed by atoms with Crippen LogP contribution in [-0.4, -0.2) is 42.3 Å². The van der Waals surface area contributed by atoms with Crippen LogP contribution in [0.4, 0.5) is 5.69 Å². The summed E-state index contributed by atoms with van der Waals surface area (Å²) in [6.07, 6.45) is 19.6. The van der Waals surface area contributed by atoms with E-state index in [1.54, 1.807) is 13.1 Å². The molecular formula is C32H37N5O2. The van der Waals surface area contributed by atoms with E-state index in [-0.39, 0.29) is 11.9 Å². The molecule has 1 unspecified atom stereocenters. The summed E-state index contributed by atoms with van der Waals surface area (Å²) in [6.45, 7) is 6.79. The minimum absolute atomic E-state index is 0.0258. The lowest BCUT2D eigenvalue weighted by Gasteiger charge is -2.28. The minimum atomic E-state index is -0.0258. The highest BCUT2D eigenvalue weighted by Crippen LogP contribution is 2.30. The Morgan fingerprint density at radius 2 is 1.74 bits per heavy atom. The van der Waals surface area contributed by atoms with Gasteiger partial charge in [-0.15, -0.1) is 25.7 Å². The molecule has 4 N–H and O–H groups in total. The van der Waals surface area contributed by atoms with Crippen molar-refractivity contribution in [1.82, 2.24) is 15.6 Å². The molecule has 0 radical (unpaired) electrons. The topological polar surface area (TPSA) is 99.1 Å². The van der Waals surface area contributed by atoms with Crippen LogP contribution in [0.25, 0.3) is 11.3 Å². The van der Waals surface area contributed by atoms with Crippen molar-refractivity contribution in [2.24, 2.45) is 0 Å². The molecule has 0 spiro atoms. The van der Waals surface area contributed by atoms with Gasteiger partial charge in [-0.05, 0) is 76.1 Å². The molecule has 1 fully saturated rings. The van der Waals surface area contributed by atoms with Gasteiger partial charge in [-0.25, -0.2) is 0 Å². The summed E-state index contributed by atoms with van der Waals surface area (Å²) in [5, 5.41) is 17.6. The van der Waals surface area contributed by atoms with E-state index in [0.29, 0.717) is 28.8 Å². The van der Waals surface area contributed by atoms with Crippen molar-refractivity contribution >= 4 is 17.3 Å². The Kier molecular flexibility index (Phi) is 11.8. The molecule has 1 aliphatic heterocycles. The zero-order valence-electron chi connectivity index (χ0n) is 23.0. The Hall–Kier alpha value is -4.59. The number of aromatic nitrogens is 1. The van der Waals surface area contributed by atoms with E-state index < -0.39 is 0 Å². The Morgan fingerprint density at radius 3 is 2.38 bits per heavy atom. The number of rotatable bonds is 7. The molecule has 3 aromatic rings. The first-order chi connectivity index (χ1) is 18.8. The van der Waals surface area contributed by atoms with Crippen LogP contribution >= 0.6 is 0 Å². The molecule has 2 heterocycles. The molecule has 1 amide bonds. The molecule has 4 rings (SSSR count). The summed E-state index contributed by atoms with van der Waals surface area (Å²) in [5.74, 6) is 1.31. The number of amides is 1. The molecule has 0 bridgehead atoms. The number of carbonyl (C=O) groups excluding carboxylic acids is 1. The second-order valence-electron chi connectivity index (χ2n) is 9.14. The maximum Gasteiger partial charge on any atom is 0.251 e. The molecule has 0 saturated carbocycles. The van der Waals surface area contributed by atoms with E-state index in [9.17, 15) is 4.79 Å². The first-order valence-corrected chi connectivity index (χ1v) is 12.7. The lowest BCUT2D eigenvalue weighted by Crippen LogP contribution is -2.46. The van der Waals surface area contributed by atoms with Crippen molar-refractivity contribution in [2.75, 3.05) is 18.9 Å². The number of ether oxygens (including phenoxy) is 1. The highest BCUT2D eigenvalue weighted by Gasteiger charge is 2.21. The SMILES string of the molecule is C#C.C#C.CNc1cc(Oc2ccnc(-c3ccc(C(=O)N[C@@H]4CCNC(C)C4)c(C)c3)c2)ccc1C(C)=N. The molecule has 1 saturated heterocycles. The number of terminal acetylenes is 2. The van der Waals surface area contributed by atoms with Gasteiger partial charge in [-0.1, -0.05) is 6.07 Å². The second-order valence-corrected chi connectivity index (χ2v) is 9.14. The van der Waals surface area contributed by atoms with Crippen LogP contribution in [0.3, 0.4) is 0 Å². The first-order valence-electron chi connectivity index (χ1n) is 12.7. The fourth-order valence-corrected chi connectivity index (χ4v) is 4.49. The Balaban J connectivity index is 0.00000127. The van der Waals surface area contributed by atoms with Crippen molar-refractivity contribution in [1.29, 1.82) is 5.41 Å². The van der Waals surface area contributed by atoms with E-state index in [2.05, 4.69) is 53.6 Å². The summed E-state index contributed by atoms with van der Waals surface area (Å²) in [6, 6.07) is 15.7. The predicted molar refractivity (Wildman–Crippen MR) is 161 cm³/mol. The normalized spacial score (nSPS) is 15.8. The molecule has 2 aromatic carbocycles. The van der Waals surface area contributed by atoms with Crippen molar-refractivity contribution in [2.45, 2.75) is 45.7 Å².